The summed E-state index contributed by atoms with van der Waals surface area (Å²) < 4.78 is 33.3. The fraction of sp³-hybridized carbons (Fsp3) is 0.250. The number of hydrogen-bond acceptors (Lipinski definition) is 10. The first-order valence-corrected chi connectivity index (χ1v) is 14.0. The molecule has 200 valence electrons. The van der Waals surface area contributed by atoms with Crippen molar-refractivity contribution in [1.29, 1.82) is 0 Å². The van der Waals surface area contributed by atoms with E-state index in [1.807, 2.05) is 12.1 Å². The number of para-hydroxylation sites is 2. The lowest BCUT2D eigenvalue weighted by molar-refractivity contribution is -0.133. The average Bonchev–Trinajstić information content (AvgIpc) is 3.51. The van der Waals surface area contributed by atoms with Crippen LogP contribution in [0.25, 0.3) is 28.0 Å². The van der Waals surface area contributed by atoms with Gasteiger partial charge in [-0.15, -0.1) is 10.2 Å². The predicted molar refractivity (Wildman–Crippen MR) is 144 cm³/mol. The molecule has 4 rings (SSSR count). The highest BCUT2D eigenvalue weighted by molar-refractivity contribution is 7.99. The zero-order valence-electron chi connectivity index (χ0n) is 21.0. The van der Waals surface area contributed by atoms with Crippen LogP contribution in [0.1, 0.15) is 19.7 Å². The third-order valence-electron chi connectivity index (χ3n) is 5.74. The van der Waals surface area contributed by atoms with Gasteiger partial charge < -0.3 is 20.7 Å². The van der Waals surface area contributed by atoms with Gasteiger partial charge in [0.2, 0.25) is 15.2 Å². The van der Waals surface area contributed by atoms with Crippen LogP contribution < -0.4 is 5.84 Å². The summed E-state index contributed by atoms with van der Waals surface area (Å²) in [6, 6.07) is 13.5. The Morgan fingerprint density at radius 3 is 2.58 bits per heavy atom. The molecule has 0 fully saturated rings. The van der Waals surface area contributed by atoms with Crippen LogP contribution >= 0.6 is 11.8 Å². The molecule has 0 aliphatic heterocycles. The molecule has 38 heavy (non-hydrogen) atoms. The van der Waals surface area contributed by atoms with E-state index in [9.17, 15) is 18.3 Å². The number of nitrogen functional groups attached to an aromatic ring is 1. The molecule has 12 nitrogen and oxygen atoms in total. The molecule has 4 aromatic rings. The molecule has 0 saturated carbocycles. The number of hydrogen-bond donors (Lipinski definition) is 3. The van der Waals surface area contributed by atoms with Crippen molar-refractivity contribution in [1.82, 2.24) is 29.1 Å². The summed E-state index contributed by atoms with van der Waals surface area (Å²) in [7, 11) is -2.47. The number of aliphatic hydroxyl groups excluding tert-OH is 1. The molecule has 4 N–H and O–H groups in total. The van der Waals surface area contributed by atoms with Gasteiger partial charge in [-0.05, 0) is 24.3 Å². The molecule has 0 aliphatic rings. The Kier molecular flexibility index (Phi) is 8.04. The smallest absolute Gasteiger partial charge is 0.345 e. The second kappa shape index (κ2) is 11.2. The maximum atomic E-state index is 12.9. The van der Waals surface area contributed by atoms with Gasteiger partial charge in [0, 0.05) is 18.7 Å². The third-order valence-corrected chi connectivity index (χ3v) is 8.74. The van der Waals surface area contributed by atoms with Crippen molar-refractivity contribution in [3.05, 3.63) is 60.1 Å². The number of esters is 1. The number of benzene rings is 2. The van der Waals surface area contributed by atoms with Crippen molar-refractivity contribution in [2.45, 2.75) is 23.9 Å². The van der Waals surface area contributed by atoms with Gasteiger partial charge in [0.1, 0.15) is 17.2 Å². The second-order valence-electron chi connectivity index (χ2n) is 8.00. The number of sulfonamides is 1. The molecule has 0 saturated heterocycles. The number of aliphatic hydroxyl groups is 1. The highest BCUT2D eigenvalue weighted by atomic mass is 32.2. The largest absolute Gasteiger partial charge is 0.510 e. The molecule has 0 aliphatic carbocycles. The number of nitrogens with one attached hydrogen (secondary N) is 1. The van der Waals surface area contributed by atoms with Crippen LogP contribution in [0, 0.1) is 0 Å². The summed E-state index contributed by atoms with van der Waals surface area (Å²) in [6.45, 7) is 4.23. The van der Waals surface area contributed by atoms with Crippen LogP contribution in [0.2, 0.25) is 0 Å². The van der Waals surface area contributed by atoms with Crippen LogP contribution in [-0.2, 0) is 19.6 Å². The number of thioether (sulfide) groups is 1. The first-order chi connectivity index (χ1) is 18.2. The Hall–Kier alpha value is -3.88. The quantitative estimate of drug-likeness (QED) is 0.0866. The van der Waals surface area contributed by atoms with E-state index >= 15 is 0 Å². The number of carbonyl (C=O) groups is 1. The van der Waals surface area contributed by atoms with Gasteiger partial charge in [-0.1, -0.05) is 49.9 Å². The van der Waals surface area contributed by atoms with Gasteiger partial charge in [-0.3, -0.25) is 0 Å². The van der Waals surface area contributed by atoms with Gasteiger partial charge in [-0.25, -0.2) is 22.9 Å². The van der Waals surface area contributed by atoms with Gasteiger partial charge >= 0.3 is 5.97 Å². The number of rotatable bonds is 10. The SMILES string of the molecule is CCN(CC)S(=O)(=O)c1cccc(-c2nnc(SCC(O)=C(C(=O)OC)c3nc4ccccc4[nH]3)n2N)c1. The Labute approximate surface area is 223 Å². The maximum absolute atomic E-state index is 12.9. The number of aromatic nitrogens is 5. The van der Waals surface area contributed by atoms with Crippen LogP contribution in [0.15, 0.2) is 64.3 Å². The molecular weight excluding hydrogens is 530 g/mol. The normalized spacial score (nSPS) is 12.6. The van der Waals surface area contributed by atoms with E-state index in [0.717, 1.165) is 11.8 Å². The molecule has 0 spiro atoms. The number of ether oxygens (including phenoxy) is 1. The van der Waals surface area contributed by atoms with Crippen LogP contribution in [0.3, 0.4) is 0 Å². The second-order valence-corrected chi connectivity index (χ2v) is 10.9. The van der Waals surface area contributed by atoms with E-state index in [1.165, 1.54) is 28.2 Å². The third kappa shape index (κ3) is 5.23. The van der Waals surface area contributed by atoms with Crippen LogP contribution in [-0.4, -0.2) is 74.6 Å². The zero-order chi connectivity index (χ0) is 27.4. The van der Waals surface area contributed by atoms with Crippen LogP contribution in [0.5, 0.6) is 0 Å². The molecule has 0 unspecified atom stereocenters. The van der Waals surface area contributed by atoms with Crippen molar-refractivity contribution in [3.63, 3.8) is 0 Å². The summed E-state index contributed by atoms with van der Waals surface area (Å²) in [5.41, 5.74) is 1.66. The number of imidazole rings is 1. The Morgan fingerprint density at radius 2 is 1.89 bits per heavy atom. The molecule has 0 amide bonds. The minimum atomic E-state index is -3.68. The van der Waals surface area contributed by atoms with E-state index in [0.29, 0.717) is 29.7 Å². The lowest BCUT2D eigenvalue weighted by Gasteiger charge is -2.18. The van der Waals surface area contributed by atoms with E-state index < -0.39 is 16.0 Å². The minimum Gasteiger partial charge on any atom is -0.510 e. The molecule has 2 heterocycles. The predicted octanol–water partition coefficient (Wildman–Crippen LogP) is 2.80. The average molecular weight is 558 g/mol. The summed E-state index contributed by atoms with van der Waals surface area (Å²) in [5, 5.41) is 19.2. The minimum absolute atomic E-state index is 0.0901. The van der Waals surface area contributed by atoms with Crippen molar-refractivity contribution in [3.8, 4) is 11.4 Å². The van der Waals surface area contributed by atoms with E-state index in [1.54, 1.807) is 38.1 Å². The standard InChI is InChI=1S/C24H27N7O5S2/c1-4-30(5-2)38(34,35)16-10-8-9-15(13-16)22-28-29-24(31(22)25)37-14-19(32)20(23(33)36-3)21-26-17-11-6-7-12-18(17)27-21/h6-13,32H,4-5,14,25H2,1-3H3,(H,26,27). The number of methoxy groups -OCH3 is 1. The van der Waals surface area contributed by atoms with Crippen molar-refractivity contribution in [2.24, 2.45) is 0 Å². The first-order valence-electron chi connectivity index (χ1n) is 11.6. The van der Waals surface area contributed by atoms with Crippen molar-refractivity contribution < 1.29 is 23.1 Å². The molecule has 0 bridgehead atoms. The fourth-order valence-corrected chi connectivity index (χ4v) is 6.05. The molecular formula is C24H27N7O5S2. The van der Waals surface area contributed by atoms with Gasteiger partial charge in [0.25, 0.3) is 0 Å². The monoisotopic (exact) mass is 557 g/mol. The molecule has 14 heteroatoms. The number of carbonyl (C=O) groups excluding carboxylic acids is 1. The summed E-state index contributed by atoms with van der Waals surface area (Å²) in [6.07, 6.45) is 0. The summed E-state index contributed by atoms with van der Waals surface area (Å²) in [5.74, 6) is 5.47. The molecule has 2 aromatic heterocycles. The Morgan fingerprint density at radius 1 is 1.16 bits per heavy atom. The van der Waals surface area contributed by atoms with E-state index in [4.69, 9.17) is 10.6 Å². The van der Waals surface area contributed by atoms with Crippen molar-refractivity contribution >= 4 is 44.4 Å². The zero-order valence-corrected chi connectivity index (χ0v) is 22.6. The first kappa shape index (κ1) is 27.2. The topological polar surface area (TPSA) is 169 Å². The highest BCUT2D eigenvalue weighted by Crippen LogP contribution is 2.28. The van der Waals surface area contributed by atoms with Crippen LogP contribution in [0.4, 0.5) is 0 Å². The maximum Gasteiger partial charge on any atom is 0.345 e. The fourth-order valence-electron chi connectivity index (χ4n) is 3.81. The Bertz CT molecular complexity index is 1570. The highest BCUT2D eigenvalue weighted by Gasteiger charge is 2.25. The number of nitrogens with zero attached hydrogens (tertiary/aromatic N) is 5. The van der Waals surface area contributed by atoms with E-state index in [-0.39, 0.29) is 38.8 Å². The summed E-state index contributed by atoms with van der Waals surface area (Å²) >= 11 is 1.03. The van der Waals surface area contributed by atoms with Gasteiger partial charge in [0.05, 0.1) is 28.8 Å². The van der Waals surface area contributed by atoms with E-state index in [2.05, 4.69) is 20.2 Å². The van der Waals surface area contributed by atoms with Gasteiger partial charge in [-0.2, -0.15) is 4.31 Å². The number of aromatic amines is 1. The number of fused-ring (bicyclic) bond motifs is 1. The molecule has 2 aromatic carbocycles. The number of nitrogens with two attached hydrogens (primary N) is 1. The summed E-state index contributed by atoms with van der Waals surface area (Å²) in [4.78, 5) is 20.0. The van der Waals surface area contributed by atoms with Gasteiger partial charge in [0.15, 0.2) is 5.82 Å². The number of H-pyrrole nitrogens is 1. The lowest BCUT2D eigenvalue weighted by Crippen LogP contribution is -2.30. The van der Waals surface area contributed by atoms with Crippen molar-refractivity contribution in [2.75, 3.05) is 31.8 Å². The molecule has 0 radical (unpaired) electrons. The lowest BCUT2D eigenvalue weighted by atomic mass is 10.2. The molecule has 0 atom stereocenters. The Balaban J connectivity index is 1.61.